The van der Waals surface area contributed by atoms with Gasteiger partial charge in [-0.05, 0) is 71.4 Å². The maximum atomic E-state index is 6.20. The largest absolute Gasteiger partial charge is 0.399 e. The third-order valence-corrected chi connectivity index (χ3v) is 8.43. The Bertz CT molecular complexity index is 1480. The van der Waals surface area contributed by atoms with Crippen molar-refractivity contribution < 1.29 is 0 Å². The average molecular weight is 629 g/mol. The van der Waals surface area contributed by atoms with E-state index in [2.05, 4.69) is 30.3 Å². The molecule has 0 heterocycles. The topological polar surface area (TPSA) is 52.0 Å². The fourth-order valence-corrected chi connectivity index (χ4v) is 5.77. The van der Waals surface area contributed by atoms with E-state index in [4.69, 9.17) is 46.3 Å². The van der Waals surface area contributed by atoms with Crippen molar-refractivity contribution in [2.45, 2.75) is 19.6 Å². The van der Waals surface area contributed by atoms with Crippen LogP contribution in [0.2, 0.25) is 15.1 Å². The molecule has 0 aliphatic heterocycles. The van der Waals surface area contributed by atoms with Gasteiger partial charge < -0.3 is 11.5 Å². The molecule has 0 radical (unpaired) electrons. The normalized spacial score (nSPS) is 10.0. The third-order valence-electron chi connectivity index (χ3n) is 4.92. The van der Waals surface area contributed by atoms with Crippen LogP contribution in [0.3, 0.4) is 0 Å². The maximum absolute atomic E-state index is 6.20. The van der Waals surface area contributed by atoms with Crippen LogP contribution in [0.15, 0.2) is 123 Å². The highest BCUT2D eigenvalue weighted by atomic mass is 35.5. The van der Waals surface area contributed by atoms with Crippen molar-refractivity contribution in [2.75, 3.05) is 11.5 Å². The number of fused-ring (bicyclic) bond motifs is 1. The fourth-order valence-electron chi connectivity index (χ4n) is 3.20. The number of hydrogen-bond acceptors (Lipinski definition) is 4. The van der Waals surface area contributed by atoms with Crippen molar-refractivity contribution in [1.82, 2.24) is 0 Å². The van der Waals surface area contributed by atoms with Crippen LogP contribution in [0.5, 0.6) is 0 Å². The molecule has 0 aliphatic rings. The first-order chi connectivity index (χ1) is 16.9. The van der Waals surface area contributed by atoms with Crippen molar-refractivity contribution in [2.24, 2.45) is 0 Å². The summed E-state index contributed by atoms with van der Waals surface area (Å²) in [6.07, 6.45) is 0. The highest BCUT2D eigenvalue weighted by Crippen LogP contribution is 2.38. The zero-order valence-electron chi connectivity index (χ0n) is 19.2. The Labute approximate surface area is 252 Å². The Hall–Kier alpha value is -1.89. The van der Waals surface area contributed by atoms with Crippen LogP contribution < -0.4 is 11.5 Å². The van der Waals surface area contributed by atoms with E-state index < -0.39 is 0 Å². The van der Waals surface area contributed by atoms with Crippen molar-refractivity contribution in [3.8, 4) is 0 Å². The molecule has 0 bridgehead atoms. The lowest BCUT2D eigenvalue weighted by Crippen LogP contribution is -1.84. The van der Waals surface area contributed by atoms with Gasteiger partial charge in [-0.25, -0.2) is 0 Å². The van der Waals surface area contributed by atoms with Crippen LogP contribution in [0, 0.1) is 0 Å². The first-order valence-electron chi connectivity index (χ1n) is 10.6. The van der Waals surface area contributed by atoms with Gasteiger partial charge in [-0.3, -0.25) is 0 Å². The molecule has 0 atom stereocenters. The SMILES string of the molecule is Cl.Cl.Nc1ccc(Sc2ccc3ccccc3c2)c(Cl)c1.Nc1ccc(Sc2ccccc2Cl)c(Cl)c1. The van der Waals surface area contributed by atoms with E-state index in [0.717, 1.165) is 19.7 Å². The molecule has 2 nitrogen and oxygen atoms in total. The number of hydrogen-bond donors (Lipinski definition) is 2. The predicted molar refractivity (Wildman–Crippen MR) is 170 cm³/mol. The summed E-state index contributed by atoms with van der Waals surface area (Å²) in [6.45, 7) is 0. The highest BCUT2D eigenvalue weighted by Gasteiger charge is 2.06. The molecule has 192 valence electrons. The second-order valence-electron chi connectivity index (χ2n) is 7.52. The van der Waals surface area contributed by atoms with Gasteiger partial charge in [-0.2, -0.15) is 0 Å². The van der Waals surface area contributed by atoms with E-state index >= 15 is 0 Å². The van der Waals surface area contributed by atoms with Crippen LogP contribution in [-0.4, -0.2) is 0 Å². The molecule has 5 rings (SSSR count). The first-order valence-corrected chi connectivity index (χ1v) is 13.3. The molecule has 0 spiro atoms. The second kappa shape index (κ2) is 14.9. The molecule has 0 amide bonds. The molecule has 0 fully saturated rings. The molecular formula is C28H23Cl5N2S2. The van der Waals surface area contributed by atoms with Crippen LogP contribution >= 0.6 is 83.1 Å². The summed E-state index contributed by atoms with van der Waals surface area (Å²) in [4.78, 5) is 4.12. The summed E-state index contributed by atoms with van der Waals surface area (Å²) in [5, 5.41) is 4.54. The maximum Gasteiger partial charge on any atom is 0.0565 e. The number of anilines is 2. The number of nitrogens with two attached hydrogens (primary N) is 2. The van der Waals surface area contributed by atoms with Crippen molar-refractivity contribution in [3.63, 3.8) is 0 Å². The van der Waals surface area contributed by atoms with Gasteiger partial charge in [0.25, 0.3) is 0 Å². The monoisotopic (exact) mass is 626 g/mol. The predicted octanol–water partition coefficient (Wildman–Crippen LogP) is 10.8. The third kappa shape index (κ3) is 8.83. The fraction of sp³-hybridized carbons (Fsp3) is 0. The molecule has 0 saturated carbocycles. The van der Waals surface area contributed by atoms with Crippen LogP contribution in [0.4, 0.5) is 11.4 Å². The van der Waals surface area contributed by atoms with E-state index in [9.17, 15) is 0 Å². The number of benzene rings is 5. The van der Waals surface area contributed by atoms with E-state index in [-0.39, 0.29) is 24.8 Å². The summed E-state index contributed by atoms with van der Waals surface area (Å²) in [7, 11) is 0. The van der Waals surface area contributed by atoms with E-state index in [1.165, 1.54) is 27.4 Å². The Balaban J connectivity index is 0.000000250. The summed E-state index contributed by atoms with van der Waals surface area (Å²) in [6, 6.07) is 33.5. The molecule has 5 aromatic carbocycles. The molecule has 9 heteroatoms. The van der Waals surface area contributed by atoms with E-state index in [1.807, 2.05) is 60.7 Å². The van der Waals surface area contributed by atoms with Gasteiger partial charge in [0.1, 0.15) is 0 Å². The summed E-state index contributed by atoms with van der Waals surface area (Å²) < 4.78 is 0. The zero-order chi connectivity index (χ0) is 24.8. The molecule has 0 aromatic heterocycles. The standard InChI is InChI=1S/C16H12ClNS.C12H9Cl2NS.2ClH/c17-15-10-13(18)6-8-16(15)19-14-7-5-11-3-1-2-4-12(11)9-14;13-9-3-1-2-4-11(9)16-12-6-5-8(15)7-10(12)14;;/h1-10H,18H2;1-7H,15H2;2*1H. The lowest BCUT2D eigenvalue weighted by Gasteiger charge is -2.06. The quantitative estimate of drug-likeness (QED) is 0.194. The minimum atomic E-state index is 0. The lowest BCUT2D eigenvalue weighted by molar-refractivity contribution is 1.41. The van der Waals surface area contributed by atoms with Gasteiger partial charge in [0.2, 0.25) is 0 Å². The molecule has 0 unspecified atom stereocenters. The van der Waals surface area contributed by atoms with Crippen LogP contribution in [0.25, 0.3) is 10.8 Å². The first kappa shape index (κ1) is 31.3. The van der Waals surface area contributed by atoms with Crippen molar-refractivity contribution >= 4 is 105 Å². The average Bonchev–Trinajstić information content (AvgIpc) is 2.84. The minimum absolute atomic E-state index is 0. The number of halogens is 5. The minimum Gasteiger partial charge on any atom is -0.399 e. The summed E-state index contributed by atoms with van der Waals surface area (Å²) in [5.41, 5.74) is 12.7. The van der Waals surface area contributed by atoms with Crippen molar-refractivity contribution in [3.05, 3.63) is 118 Å². The molecule has 0 saturated heterocycles. The smallest absolute Gasteiger partial charge is 0.0565 e. The molecule has 5 aromatic rings. The van der Waals surface area contributed by atoms with Gasteiger partial charge >= 0.3 is 0 Å². The van der Waals surface area contributed by atoms with Gasteiger partial charge in [0, 0.05) is 31.0 Å². The second-order valence-corrected chi connectivity index (χ2v) is 10.9. The van der Waals surface area contributed by atoms with Gasteiger partial charge in [0.05, 0.1) is 15.1 Å². The summed E-state index contributed by atoms with van der Waals surface area (Å²) in [5.74, 6) is 0. The Morgan fingerprint density at radius 2 is 0.973 bits per heavy atom. The highest BCUT2D eigenvalue weighted by molar-refractivity contribution is 7.99. The van der Waals surface area contributed by atoms with Crippen LogP contribution in [-0.2, 0) is 0 Å². The van der Waals surface area contributed by atoms with Crippen molar-refractivity contribution in [1.29, 1.82) is 0 Å². The van der Waals surface area contributed by atoms with E-state index in [1.54, 1.807) is 23.9 Å². The zero-order valence-corrected chi connectivity index (χ0v) is 24.8. The lowest BCUT2D eigenvalue weighted by atomic mass is 10.1. The van der Waals surface area contributed by atoms with Gasteiger partial charge in [-0.1, -0.05) is 101 Å². The van der Waals surface area contributed by atoms with Gasteiger partial charge in [-0.15, -0.1) is 24.8 Å². The Morgan fingerprint density at radius 3 is 1.57 bits per heavy atom. The molecule has 0 aliphatic carbocycles. The molecule has 37 heavy (non-hydrogen) atoms. The number of nitrogen functional groups attached to an aromatic ring is 2. The van der Waals surface area contributed by atoms with E-state index in [0.29, 0.717) is 21.4 Å². The Morgan fingerprint density at radius 1 is 0.459 bits per heavy atom. The molecule has 4 N–H and O–H groups in total. The molecular weight excluding hydrogens is 606 g/mol. The van der Waals surface area contributed by atoms with Crippen LogP contribution in [0.1, 0.15) is 0 Å². The Kier molecular flexibility index (Phi) is 12.6. The van der Waals surface area contributed by atoms with Gasteiger partial charge in [0.15, 0.2) is 0 Å². The number of rotatable bonds is 4. The summed E-state index contributed by atoms with van der Waals surface area (Å²) >= 11 is 21.5.